The second kappa shape index (κ2) is 3.48. The van der Waals surface area contributed by atoms with Crippen molar-refractivity contribution in [2.45, 2.75) is 33.6 Å². The summed E-state index contributed by atoms with van der Waals surface area (Å²) in [5.41, 5.74) is -0.232. The highest BCUT2D eigenvalue weighted by Crippen LogP contribution is 2.26. The lowest BCUT2D eigenvalue weighted by atomic mass is 9.81. The van der Waals surface area contributed by atoms with Crippen LogP contribution in [0, 0.1) is 5.41 Å². The summed E-state index contributed by atoms with van der Waals surface area (Å²) in [6, 6.07) is 0. The van der Waals surface area contributed by atoms with Crippen LogP contribution in [0.25, 0.3) is 0 Å². The highest BCUT2D eigenvalue weighted by Gasteiger charge is 2.34. The van der Waals surface area contributed by atoms with Gasteiger partial charge in [-0.05, 0) is 6.42 Å². The van der Waals surface area contributed by atoms with Gasteiger partial charge >= 0.3 is 0 Å². The maximum Gasteiger partial charge on any atom is 0.222 e. The number of rotatable bonds is 1. The topological polar surface area (TPSA) is 37.4 Å². The first kappa shape index (κ1) is 10.2. The maximum atomic E-state index is 11.6. The summed E-state index contributed by atoms with van der Waals surface area (Å²) < 4.78 is 0. The lowest BCUT2D eigenvalue weighted by molar-refractivity contribution is -0.142. The lowest BCUT2D eigenvalue weighted by Crippen LogP contribution is -2.47. The van der Waals surface area contributed by atoms with Gasteiger partial charge in [0.15, 0.2) is 5.78 Å². The molecular formula is C10H17NO2. The van der Waals surface area contributed by atoms with Gasteiger partial charge in [-0.15, -0.1) is 0 Å². The third-order valence-corrected chi connectivity index (χ3v) is 2.75. The fourth-order valence-corrected chi connectivity index (χ4v) is 1.46. The Morgan fingerprint density at radius 2 is 2.15 bits per heavy atom. The molecule has 0 atom stereocenters. The predicted molar refractivity (Wildman–Crippen MR) is 50.3 cm³/mol. The van der Waals surface area contributed by atoms with Crippen molar-refractivity contribution in [1.82, 2.24) is 4.90 Å². The third-order valence-electron chi connectivity index (χ3n) is 2.75. The Bertz CT molecular complexity index is 233. The van der Waals surface area contributed by atoms with Gasteiger partial charge in [-0.3, -0.25) is 9.59 Å². The number of piperidine rings is 1. The van der Waals surface area contributed by atoms with Crippen molar-refractivity contribution in [3.8, 4) is 0 Å². The van der Waals surface area contributed by atoms with E-state index < -0.39 is 0 Å². The molecule has 0 radical (unpaired) electrons. The summed E-state index contributed by atoms with van der Waals surface area (Å²) in [6.45, 7) is 6.75. The fraction of sp³-hybridized carbons (Fsp3) is 0.800. The predicted octanol–water partition coefficient (Wildman–Crippen LogP) is 1.22. The molecule has 0 saturated carbocycles. The monoisotopic (exact) mass is 183 g/mol. The zero-order valence-electron chi connectivity index (χ0n) is 8.59. The maximum absolute atomic E-state index is 11.6. The second-order valence-electron chi connectivity index (χ2n) is 4.23. The first-order chi connectivity index (χ1) is 5.97. The zero-order chi connectivity index (χ0) is 10.1. The number of ketones is 1. The number of carbonyl (C=O) groups is 2. The van der Waals surface area contributed by atoms with E-state index in [0.717, 1.165) is 13.0 Å². The first-order valence-corrected chi connectivity index (χ1v) is 4.78. The molecule has 1 amide bonds. The molecule has 3 nitrogen and oxygen atoms in total. The molecule has 1 aliphatic rings. The van der Waals surface area contributed by atoms with Crippen molar-refractivity contribution < 1.29 is 9.59 Å². The van der Waals surface area contributed by atoms with Gasteiger partial charge < -0.3 is 4.90 Å². The number of carbonyl (C=O) groups excluding carboxylic acids is 2. The summed E-state index contributed by atoms with van der Waals surface area (Å²) in [6.07, 6.45) is 1.28. The van der Waals surface area contributed by atoms with E-state index in [1.807, 2.05) is 20.8 Å². The van der Waals surface area contributed by atoms with Crippen LogP contribution in [0.15, 0.2) is 0 Å². The van der Waals surface area contributed by atoms with E-state index in [1.165, 1.54) is 0 Å². The van der Waals surface area contributed by atoms with E-state index in [1.54, 1.807) is 4.90 Å². The molecule has 74 valence electrons. The first-order valence-electron chi connectivity index (χ1n) is 4.78. The van der Waals surface area contributed by atoms with Crippen LogP contribution in [0.5, 0.6) is 0 Å². The molecule has 1 fully saturated rings. The number of Topliss-reactive ketones (excluding diaryl/α,β-unsaturated/α-hetero) is 1. The Kier molecular flexibility index (Phi) is 2.74. The van der Waals surface area contributed by atoms with E-state index in [-0.39, 0.29) is 17.1 Å². The fourth-order valence-electron chi connectivity index (χ4n) is 1.46. The van der Waals surface area contributed by atoms with Gasteiger partial charge in [0.2, 0.25) is 5.91 Å². The van der Waals surface area contributed by atoms with Gasteiger partial charge in [0, 0.05) is 18.4 Å². The average molecular weight is 183 g/mol. The van der Waals surface area contributed by atoms with Crippen molar-refractivity contribution in [1.29, 1.82) is 0 Å². The van der Waals surface area contributed by atoms with Crippen LogP contribution in [0.2, 0.25) is 0 Å². The van der Waals surface area contributed by atoms with Crippen molar-refractivity contribution in [2.75, 3.05) is 13.1 Å². The van der Waals surface area contributed by atoms with Gasteiger partial charge in [-0.1, -0.05) is 20.8 Å². The molecule has 13 heavy (non-hydrogen) atoms. The molecule has 1 heterocycles. The second-order valence-corrected chi connectivity index (χ2v) is 4.23. The van der Waals surface area contributed by atoms with Gasteiger partial charge in [-0.25, -0.2) is 0 Å². The van der Waals surface area contributed by atoms with Crippen LogP contribution in [-0.4, -0.2) is 29.7 Å². The van der Waals surface area contributed by atoms with E-state index in [0.29, 0.717) is 13.0 Å². The average Bonchev–Trinajstić information content (AvgIpc) is 2.08. The molecule has 0 aromatic rings. The van der Waals surface area contributed by atoms with Crippen molar-refractivity contribution in [3.05, 3.63) is 0 Å². The number of nitrogens with zero attached hydrogens (tertiary/aromatic N) is 1. The van der Waals surface area contributed by atoms with Crippen LogP contribution in [-0.2, 0) is 9.59 Å². The van der Waals surface area contributed by atoms with Crippen LogP contribution in [0.1, 0.15) is 33.6 Å². The molecule has 0 aliphatic carbocycles. The smallest absolute Gasteiger partial charge is 0.222 e. The summed E-state index contributed by atoms with van der Waals surface area (Å²) in [7, 11) is 0. The Hall–Kier alpha value is -0.860. The minimum atomic E-state index is -0.232. The number of likely N-dealkylation sites (tertiary alicyclic amines) is 1. The van der Waals surface area contributed by atoms with E-state index in [9.17, 15) is 9.59 Å². The molecule has 1 rings (SSSR count). The normalized spacial score (nSPS) is 21.8. The summed E-state index contributed by atoms with van der Waals surface area (Å²) in [5, 5.41) is 0. The van der Waals surface area contributed by atoms with Crippen molar-refractivity contribution >= 4 is 11.7 Å². The molecule has 0 spiro atoms. The standard InChI is InChI=1S/C10H17NO2/c1-4-9(13)11-6-5-10(2,3)8(12)7-11/h4-7H2,1-3H3. The van der Waals surface area contributed by atoms with Crippen LogP contribution >= 0.6 is 0 Å². The van der Waals surface area contributed by atoms with E-state index in [2.05, 4.69) is 0 Å². The largest absolute Gasteiger partial charge is 0.335 e. The quantitative estimate of drug-likeness (QED) is 0.613. The van der Waals surface area contributed by atoms with Gasteiger partial charge in [-0.2, -0.15) is 0 Å². The SMILES string of the molecule is CCC(=O)N1CCC(C)(C)C(=O)C1. The molecule has 0 bridgehead atoms. The summed E-state index contributed by atoms with van der Waals surface area (Å²) in [4.78, 5) is 24.5. The number of hydrogen-bond acceptors (Lipinski definition) is 2. The van der Waals surface area contributed by atoms with E-state index in [4.69, 9.17) is 0 Å². The molecule has 1 aliphatic heterocycles. The molecular weight excluding hydrogens is 166 g/mol. The minimum absolute atomic E-state index is 0.0869. The number of amides is 1. The molecule has 0 aromatic carbocycles. The van der Waals surface area contributed by atoms with Gasteiger partial charge in [0.05, 0.1) is 6.54 Å². The summed E-state index contributed by atoms with van der Waals surface area (Å²) in [5.74, 6) is 0.268. The summed E-state index contributed by atoms with van der Waals surface area (Å²) >= 11 is 0. The van der Waals surface area contributed by atoms with Crippen LogP contribution < -0.4 is 0 Å². The molecule has 0 unspecified atom stereocenters. The molecule has 0 N–H and O–H groups in total. The van der Waals surface area contributed by atoms with Gasteiger partial charge in [0.1, 0.15) is 0 Å². The van der Waals surface area contributed by atoms with Crippen molar-refractivity contribution in [3.63, 3.8) is 0 Å². The highest BCUT2D eigenvalue weighted by molar-refractivity contribution is 5.90. The zero-order valence-corrected chi connectivity index (χ0v) is 8.59. The Morgan fingerprint density at radius 3 is 2.62 bits per heavy atom. The Morgan fingerprint density at radius 1 is 1.54 bits per heavy atom. The minimum Gasteiger partial charge on any atom is -0.335 e. The lowest BCUT2D eigenvalue weighted by Gasteiger charge is -2.35. The van der Waals surface area contributed by atoms with Gasteiger partial charge in [0.25, 0.3) is 0 Å². The van der Waals surface area contributed by atoms with Crippen molar-refractivity contribution in [2.24, 2.45) is 5.41 Å². The highest BCUT2D eigenvalue weighted by atomic mass is 16.2. The molecule has 1 saturated heterocycles. The molecule has 0 aromatic heterocycles. The van der Waals surface area contributed by atoms with Crippen LogP contribution in [0.4, 0.5) is 0 Å². The third kappa shape index (κ3) is 2.08. The van der Waals surface area contributed by atoms with Crippen LogP contribution in [0.3, 0.4) is 0 Å². The Labute approximate surface area is 79.1 Å². The van der Waals surface area contributed by atoms with E-state index >= 15 is 0 Å². The Balaban J connectivity index is 2.61. The number of hydrogen-bond donors (Lipinski definition) is 0. The molecule has 3 heteroatoms.